The Morgan fingerprint density at radius 2 is 2.29 bits per heavy atom. The second kappa shape index (κ2) is 4.29. The quantitative estimate of drug-likeness (QED) is 0.545. The molecular weight excluding hydrogens is 223 g/mol. The lowest BCUT2D eigenvalue weighted by Gasteiger charge is -2.39. The summed E-state index contributed by atoms with van der Waals surface area (Å²) < 4.78 is 13.8. The van der Waals surface area contributed by atoms with Crippen LogP contribution in [0.15, 0.2) is 12.3 Å². The molecule has 17 heavy (non-hydrogen) atoms. The summed E-state index contributed by atoms with van der Waals surface area (Å²) in [4.78, 5) is 15.6. The first-order valence-electron chi connectivity index (χ1n) is 5.49. The molecule has 1 aromatic heterocycles. The number of nitrogen functional groups attached to an aromatic ring is 1. The van der Waals surface area contributed by atoms with Gasteiger partial charge in [-0.2, -0.15) is 0 Å². The Labute approximate surface area is 98.6 Å². The van der Waals surface area contributed by atoms with Crippen molar-refractivity contribution in [2.75, 3.05) is 5.43 Å². The zero-order chi connectivity index (χ0) is 12.5. The third kappa shape index (κ3) is 2.21. The van der Waals surface area contributed by atoms with Gasteiger partial charge in [-0.05, 0) is 32.3 Å². The summed E-state index contributed by atoms with van der Waals surface area (Å²) in [7, 11) is 0. The molecule has 0 aliphatic heterocycles. The highest BCUT2D eigenvalue weighted by Gasteiger charge is 2.34. The highest BCUT2D eigenvalue weighted by atomic mass is 19.1. The monoisotopic (exact) mass is 238 g/mol. The van der Waals surface area contributed by atoms with Crippen molar-refractivity contribution in [2.45, 2.75) is 31.7 Å². The number of carbonyl (C=O) groups excluding carboxylic acids is 1. The van der Waals surface area contributed by atoms with Gasteiger partial charge in [0.15, 0.2) is 11.6 Å². The summed E-state index contributed by atoms with van der Waals surface area (Å²) in [5, 5.41) is 2.83. The van der Waals surface area contributed by atoms with Gasteiger partial charge in [0.25, 0.3) is 5.91 Å². The molecule has 1 fully saturated rings. The molecule has 0 bridgehead atoms. The van der Waals surface area contributed by atoms with Crippen molar-refractivity contribution in [3.8, 4) is 0 Å². The molecular formula is C11H15FN4O. The average molecular weight is 238 g/mol. The molecule has 0 spiro atoms. The molecule has 0 unspecified atom stereocenters. The molecule has 0 saturated heterocycles. The van der Waals surface area contributed by atoms with Gasteiger partial charge in [0.1, 0.15) is 0 Å². The van der Waals surface area contributed by atoms with Gasteiger partial charge in [-0.1, -0.05) is 0 Å². The van der Waals surface area contributed by atoms with Crippen LogP contribution in [0.2, 0.25) is 0 Å². The summed E-state index contributed by atoms with van der Waals surface area (Å²) in [6.07, 6.45) is 4.28. The van der Waals surface area contributed by atoms with Gasteiger partial charge in [-0.25, -0.2) is 15.2 Å². The predicted molar refractivity (Wildman–Crippen MR) is 61.7 cm³/mol. The zero-order valence-electron chi connectivity index (χ0n) is 9.59. The minimum atomic E-state index is -0.726. The number of nitrogens with one attached hydrogen (secondary N) is 2. The smallest absolute Gasteiger partial charge is 0.254 e. The van der Waals surface area contributed by atoms with Crippen molar-refractivity contribution >= 4 is 11.7 Å². The fourth-order valence-corrected chi connectivity index (χ4v) is 1.89. The Hall–Kier alpha value is -1.69. The second-order valence-corrected chi connectivity index (χ2v) is 4.53. The summed E-state index contributed by atoms with van der Waals surface area (Å²) >= 11 is 0. The summed E-state index contributed by atoms with van der Waals surface area (Å²) in [5.74, 6) is 3.82. The number of halogens is 1. The molecule has 5 nitrogen and oxygen atoms in total. The van der Waals surface area contributed by atoms with E-state index in [1.165, 1.54) is 12.3 Å². The van der Waals surface area contributed by atoms with E-state index in [4.69, 9.17) is 5.84 Å². The lowest BCUT2D eigenvalue weighted by Crippen LogP contribution is -2.51. The minimum absolute atomic E-state index is 0.0407. The van der Waals surface area contributed by atoms with E-state index in [1.54, 1.807) is 0 Å². The fourth-order valence-electron chi connectivity index (χ4n) is 1.89. The fraction of sp³-hybridized carbons (Fsp3) is 0.455. The van der Waals surface area contributed by atoms with Crippen molar-refractivity contribution in [2.24, 2.45) is 5.84 Å². The third-order valence-corrected chi connectivity index (χ3v) is 3.14. The van der Waals surface area contributed by atoms with E-state index in [2.05, 4.69) is 15.7 Å². The van der Waals surface area contributed by atoms with Crippen LogP contribution in [0.1, 0.15) is 36.5 Å². The van der Waals surface area contributed by atoms with Crippen LogP contribution >= 0.6 is 0 Å². The zero-order valence-corrected chi connectivity index (χ0v) is 9.59. The van der Waals surface area contributed by atoms with Gasteiger partial charge in [-0.15, -0.1) is 0 Å². The van der Waals surface area contributed by atoms with Crippen molar-refractivity contribution in [3.05, 3.63) is 23.6 Å². The van der Waals surface area contributed by atoms with E-state index in [0.717, 1.165) is 19.3 Å². The Morgan fingerprint density at radius 3 is 2.82 bits per heavy atom. The Kier molecular flexibility index (Phi) is 2.97. The van der Waals surface area contributed by atoms with Crippen molar-refractivity contribution in [3.63, 3.8) is 0 Å². The number of nitrogens with two attached hydrogens (primary N) is 1. The maximum Gasteiger partial charge on any atom is 0.254 e. The van der Waals surface area contributed by atoms with Gasteiger partial charge >= 0.3 is 0 Å². The second-order valence-electron chi connectivity index (χ2n) is 4.53. The molecule has 1 aliphatic carbocycles. The van der Waals surface area contributed by atoms with Gasteiger partial charge < -0.3 is 10.7 Å². The number of hydrogen-bond acceptors (Lipinski definition) is 4. The van der Waals surface area contributed by atoms with Crippen LogP contribution in [0.4, 0.5) is 10.2 Å². The molecule has 4 N–H and O–H groups in total. The molecule has 1 aliphatic rings. The Balaban J connectivity index is 2.19. The van der Waals surface area contributed by atoms with Crippen LogP contribution in [0.5, 0.6) is 0 Å². The first-order valence-corrected chi connectivity index (χ1v) is 5.49. The average Bonchev–Trinajstić information content (AvgIpc) is 2.27. The lowest BCUT2D eigenvalue weighted by molar-refractivity contribution is 0.0846. The van der Waals surface area contributed by atoms with Crippen LogP contribution in [0.3, 0.4) is 0 Å². The Bertz CT molecular complexity index is 445. The molecule has 2 rings (SSSR count). The van der Waals surface area contributed by atoms with Gasteiger partial charge in [0.05, 0.1) is 5.56 Å². The van der Waals surface area contributed by atoms with Gasteiger partial charge in [-0.3, -0.25) is 4.79 Å². The maximum absolute atomic E-state index is 13.8. The molecule has 1 aromatic rings. The molecule has 1 saturated carbocycles. The SMILES string of the molecule is CC1(NC(=O)c2ccnc(NN)c2F)CCC1. The number of pyridine rings is 1. The number of anilines is 1. The van der Waals surface area contributed by atoms with Crippen LogP contribution in [0.25, 0.3) is 0 Å². The minimum Gasteiger partial charge on any atom is -0.347 e. The Morgan fingerprint density at radius 1 is 1.59 bits per heavy atom. The first kappa shape index (κ1) is 11.8. The molecule has 0 radical (unpaired) electrons. The van der Waals surface area contributed by atoms with Crippen LogP contribution < -0.4 is 16.6 Å². The van der Waals surface area contributed by atoms with E-state index in [1.807, 2.05) is 6.92 Å². The van der Waals surface area contributed by atoms with E-state index >= 15 is 0 Å². The summed E-state index contributed by atoms with van der Waals surface area (Å²) in [6, 6.07) is 1.34. The van der Waals surface area contributed by atoms with E-state index < -0.39 is 11.7 Å². The molecule has 6 heteroatoms. The molecule has 0 aromatic carbocycles. The standard InChI is InChI=1S/C11H15FN4O/c1-11(4-2-5-11)15-10(17)7-3-6-14-9(16-13)8(7)12/h3,6H,2,4-5,13H2,1H3,(H,14,16)(H,15,17). The number of hydrazine groups is 1. The molecule has 1 heterocycles. The van der Waals surface area contributed by atoms with E-state index in [0.29, 0.717) is 0 Å². The largest absolute Gasteiger partial charge is 0.347 e. The number of amides is 1. The highest BCUT2D eigenvalue weighted by molar-refractivity contribution is 5.95. The topological polar surface area (TPSA) is 80.0 Å². The van der Waals surface area contributed by atoms with E-state index in [9.17, 15) is 9.18 Å². The summed E-state index contributed by atoms with van der Waals surface area (Å²) in [6.45, 7) is 1.95. The van der Waals surface area contributed by atoms with Crippen molar-refractivity contribution < 1.29 is 9.18 Å². The highest BCUT2D eigenvalue weighted by Crippen LogP contribution is 2.31. The maximum atomic E-state index is 13.8. The van der Waals surface area contributed by atoms with E-state index in [-0.39, 0.29) is 16.9 Å². The van der Waals surface area contributed by atoms with Crippen LogP contribution in [-0.2, 0) is 0 Å². The number of aromatic nitrogens is 1. The van der Waals surface area contributed by atoms with Crippen LogP contribution in [0, 0.1) is 5.82 Å². The van der Waals surface area contributed by atoms with Gasteiger partial charge in [0, 0.05) is 11.7 Å². The number of carbonyl (C=O) groups is 1. The molecule has 0 atom stereocenters. The van der Waals surface area contributed by atoms with Crippen LogP contribution in [-0.4, -0.2) is 16.4 Å². The van der Waals surface area contributed by atoms with Crippen molar-refractivity contribution in [1.82, 2.24) is 10.3 Å². The predicted octanol–water partition coefficient (Wildman–Crippen LogP) is 1.18. The number of nitrogens with zero attached hydrogens (tertiary/aromatic N) is 1. The number of rotatable bonds is 3. The third-order valence-electron chi connectivity index (χ3n) is 3.14. The normalized spacial score (nSPS) is 17.1. The molecule has 1 amide bonds. The lowest BCUT2D eigenvalue weighted by atomic mass is 9.78. The van der Waals surface area contributed by atoms with Crippen molar-refractivity contribution in [1.29, 1.82) is 0 Å². The van der Waals surface area contributed by atoms with Gasteiger partial charge in [0.2, 0.25) is 0 Å². The first-order chi connectivity index (χ1) is 8.06. The molecule has 92 valence electrons. The summed E-state index contributed by atoms with van der Waals surface area (Å²) in [5.41, 5.74) is 1.87. The number of hydrogen-bond donors (Lipinski definition) is 3.